The summed E-state index contributed by atoms with van der Waals surface area (Å²) < 4.78 is 10.6. The van der Waals surface area contributed by atoms with Gasteiger partial charge in [-0.3, -0.25) is 9.59 Å². The van der Waals surface area contributed by atoms with E-state index in [1.54, 1.807) is 45.0 Å². The maximum absolute atomic E-state index is 12.4. The fraction of sp³-hybridized carbons (Fsp3) is 0.471. The van der Waals surface area contributed by atoms with Crippen molar-refractivity contribution in [1.29, 1.82) is 5.26 Å². The normalized spacial score (nSPS) is 12.4. The summed E-state index contributed by atoms with van der Waals surface area (Å²) in [5.74, 6) is -2.39. The van der Waals surface area contributed by atoms with E-state index in [4.69, 9.17) is 14.7 Å². The molecular formula is C17H21NO4. The predicted molar refractivity (Wildman–Crippen MR) is 81.5 cm³/mol. The van der Waals surface area contributed by atoms with E-state index in [1.807, 2.05) is 13.8 Å². The number of ketones is 1. The van der Waals surface area contributed by atoms with E-state index in [0.717, 1.165) is 0 Å². The molecule has 0 bridgehead atoms. The molecule has 1 atom stereocenters. The van der Waals surface area contributed by atoms with E-state index < -0.39 is 23.3 Å². The molecule has 0 heterocycles. The Morgan fingerprint density at radius 3 is 2.36 bits per heavy atom. The molecule has 1 aromatic carbocycles. The molecular weight excluding hydrogens is 282 g/mol. The average molecular weight is 303 g/mol. The first-order valence-corrected chi connectivity index (χ1v) is 7.07. The number of hydrogen-bond donors (Lipinski definition) is 0. The third-order valence-corrected chi connectivity index (χ3v) is 2.52. The Bertz CT molecular complexity index is 593. The third kappa shape index (κ3) is 5.21. The molecule has 1 aromatic rings. The van der Waals surface area contributed by atoms with Gasteiger partial charge in [-0.2, -0.15) is 5.26 Å². The van der Waals surface area contributed by atoms with Crippen LogP contribution in [0.5, 0.6) is 5.75 Å². The number of hydrogen-bond acceptors (Lipinski definition) is 5. The average Bonchev–Trinajstić information content (AvgIpc) is 2.36. The van der Waals surface area contributed by atoms with Crippen LogP contribution in [0.3, 0.4) is 0 Å². The Kier molecular flexibility index (Phi) is 5.69. The van der Waals surface area contributed by atoms with Crippen molar-refractivity contribution < 1.29 is 19.1 Å². The molecule has 118 valence electrons. The fourth-order valence-corrected chi connectivity index (χ4v) is 1.74. The second kappa shape index (κ2) is 7.08. The van der Waals surface area contributed by atoms with Gasteiger partial charge in [-0.15, -0.1) is 0 Å². The van der Waals surface area contributed by atoms with E-state index >= 15 is 0 Å². The molecule has 1 rings (SSSR count). The molecule has 5 nitrogen and oxygen atoms in total. The van der Waals surface area contributed by atoms with Crippen LogP contribution in [0, 0.1) is 17.2 Å². The highest BCUT2D eigenvalue weighted by Gasteiger charge is 2.32. The van der Waals surface area contributed by atoms with Crippen molar-refractivity contribution in [1.82, 2.24) is 0 Å². The summed E-state index contributed by atoms with van der Waals surface area (Å²) >= 11 is 0. The van der Waals surface area contributed by atoms with E-state index in [-0.39, 0.29) is 11.7 Å². The molecule has 22 heavy (non-hydrogen) atoms. The number of rotatable bonds is 5. The number of esters is 1. The molecule has 0 amide bonds. The van der Waals surface area contributed by atoms with Gasteiger partial charge in [-0.1, -0.05) is 12.1 Å². The Labute approximate surface area is 130 Å². The van der Waals surface area contributed by atoms with Gasteiger partial charge >= 0.3 is 5.97 Å². The first-order valence-electron chi connectivity index (χ1n) is 7.07. The molecule has 1 unspecified atom stereocenters. The third-order valence-electron chi connectivity index (χ3n) is 2.52. The summed E-state index contributed by atoms with van der Waals surface area (Å²) in [6.45, 7) is 8.78. The minimum absolute atomic E-state index is 0.0389. The number of benzene rings is 1. The van der Waals surface area contributed by atoms with Crippen LogP contribution in [0.15, 0.2) is 24.3 Å². The monoisotopic (exact) mass is 303 g/mol. The van der Waals surface area contributed by atoms with Gasteiger partial charge in [0.05, 0.1) is 12.2 Å². The zero-order valence-corrected chi connectivity index (χ0v) is 13.5. The second-order valence-corrected chi connectivity index (χ2v) is 6.15. The van der Waals surface area contributed by atoms with Crippen LogP contribution in [0.25, 0.3) is 0 Å². The first kappa shape index (κ1) is 17.7. The number of ether oxygens (including phenoxy) is 2. The Balaban J connectivity index is 2.98. The predicted octanol–water partition coefficient (Wildman–Crippen LogP) is 3.14. The summed E-state index contributed by atoms with van der Waals surface area (Å²) in [5.41, 5.74) is -0.509. The van der Waals surface area contributed by atoms with Crippen molar-refractivity contribution in [2.75, 3.05) is 0 Å². The first-order chi connectivity index (χ1) is 10.1. The van der Waals surface area contributed by atoms with E-state index in [9.17, 15) is 9.59 Å². The van der Waals surface area contributed by atoms with Crippen molar-refractivity contribution in [2.45, 2.75) is 46.3 Å². The number of carbonyl (C=O) groups is 2. The van der Waals surface area contributed by atoms with Gasteiger partial charge in [-0.05, 0) is 46.8 Å². The summed E-state index contributed by atoms with van der Waals surface area (Å²) in [4.78, 5) is 24.3. The Hall–Kier alpha value is -2.35. The second-order valence-electron chi connectivity index (χ2n) is 6.15. The van der Waals surface area contributed by atoms with Gasteiger partial charge in [0.25, 0.3) is 0 Å². The standard InChI is InChI=1S/C17H21NO4/c1-11(2)21-13-8-6-7-12(9-13)15(19)14(10-18)16(20)22-17(3,4)5/h6-9,11,14H,1-5H3. The molecule has 0 saturated heterocycles. The van der Waals surface area contributed by atoms with Crippen LogP contribution in [-0.4, -0.2) is 23.5 Å². The van der Waals surface area contributed by atoms with Crippen LogP contribution in [0.2, 0.25) is 0 Å². The zero-order chi connectivity index (χ0) is 16.9. The van der Waals surface area contributed by atoms with Gasteiger partial charge in [0.2, 0.25) is 5.92 Å². The van der Waals surface area contributed by atoms with Gasteiger partial charge in [-0.25, -0.2) is 0 Å². The maximum atomic E-state index is 12.4. The highest BCUT2D eigenvalue weighted by Crippen LogP contribution is 2.19. The van der Waals surface area contributed by atoms with Gasteiger partial charge in [0.1, 0.15) is 11.4 Å². The summed E-state index contributed by atoms with van der Waals surface area (Å²) in [6.07, 6.45) is -0.0389. The van der Waals surface area contributed by atoms with E-state index in [0.29, 0.717) is 5.75 Å². The lowest BCUT2D eigenvalue weighted by atomic mass is 9.98. The van der Waals surface area contributed by atoms with Gasteiger partial charge in [0, 0.05) is 5.56 Å². The molecule has 5 heteroatoms. The highest BCUT2D eigenvalue weighted by atomic mass is 16.6. The van der Waals surface area contributed by atoms with E-state index in [2.05, 4.69) is 0 Å². The van der Waals surface area contributed by atoms with Gasteiger partial charge in [0.15, 0.2) is 5.78 Å². The summed E-state index contributed by atoms with van der Waals surface area (Å²) in [5, 5.41) is 9.14. The lowest BCUT2D eigenvalue weighted by Gasteiger charge is -2.21. The van der Waals surface area contributed by atoms with Crippen molar-refractivity contribution >= 4 is 11.8 Å². The van der Waals surface area contributed by atoms with Crippen LogP contribution in [-0.2, 0) is 9.53 Å². The molecule has 0 fully saturated rings. The molecule has 0 aromatic heterocycles. The number of nitriles is 1. The minimum Gasteiger partial charge on any atom is -0.491 e. The molecule has 0 aliphatic heterocycles. The molecule has 0 saturated carbocycles. The maximum Gasteiger partial charge on any atom is 0.331 e. The largest absolute Gasteiger partial charge is 0.491 e. The van der Waals surface area contributed by atoms with Crippen molar-refractivity contribution in [2.24, 2.45) is 5.92 Å². The number of nitrogens with zero attached hydrogens (tertiary/aromatic N) is 1. The minimum atomic E-state index is -1.48. The molecule has 0 radical (unpaired) electrons. The molecule has 0 aliphatic rings. The van der Waals surface area contributed by atoms with E-state index in [1.165, 1.54) is 6.07 Å². The SMILES string of the molecule is CC(C)Oc1cccc(C(=O)C(C#N)C(=O)OC(C)(C)C)c1. The molecule has 0 N–H and O–H groups in total. The van der Waals surface area contributed by atoms with Crippen LogP contribution < -0.4 is 4.74 Å². The molecule has 0 spiro atoms. The van der Waals surface area contributed by atoms with Crippen molar-refractivity contribution in [3.63, 3.8) is 0 Å². The van der Waals surface area contributed by atoms with Crippen LogP contribution in [0.1, 0.15) is 45.0 Å². The van der Waals surface area contributed by atoms with Crippen molar-refractivity contribution in [3.05, 3.63) is 29.8 Å². The Morgan fingerprint density at radius 1 is 1.23 bits per heavy atom. The topological polar surface area (TPSA) is 76.4 Å². The zero-order valence-electron chi connectivity index (χ0n) is 13.5. The lowest BCUT2D eigenvalue weighted by Crippen LogP contribution is -2.32. The number of carbonyl (C=O) groups excluding carboxylic acids is 2. The Morgan fingerprint density at radius 2 is 1.86 bits per heavy atom. The summed E-state index contributed by atoms with van der Waals surface area (Å²) in [6, 6.07) is 8.15. The molecule has 0 aliphatic carbocycles. The highest BCUT2D eigenvalue weighted by molar-refractivity contribution is 6.10. The smallest absolute Gasteiger partial charge is 0.331 e. The summed E-state index contributed by atoms with van der Waals surface area (Å²) in [7, 11) is 0. The van der Waals surface area contributed by atoms with Gasteiger partial charge < -0.3 is 9.47 Å². The van der Waals surface area contributed by atoms with Crippen LogP contribution in [0.4, 0.5) is 0 Å². The lowest BCUT2D eigenvalue weighted by molar-refractivity contribution is -0.156. The quantitative estimate of drug-likeness (QED) is 0.474. The number of Topliss-reactive ketones (excluding diaryl/α,β-unsaturated/α-hetero) is 1. The fourth-order valence-electron chi connectivity index (χ4n) is 1.74. The van der Waals surface area contributed by atoms with Crippen molar-refractivity contribution in [3.8, 4) is 11.8 Å². The van der Waals surface area contributed by atoms with Crippen LogP contribution >= 0.6 is 0 Å².